The molecule has 0 heterocycles. The Kier molecular flexibility index (Phi) is 11.2. The van der Waals surface area contributed by atoms with Crippen LogP contribution < -0.4 is 0 Å². The van der Waals surface area contributed by atoms with Gasteiger partial charge >= 0.3 is 5.97 Å². The van der Waals surface area contributed by atoms with E-state index in [1.54, 1.807) is 14.1 Å². The number of carbonyl (C=O) groups is 2. The Morgan fingerprint density at radius 1 is 1.50 bits per heavy atom. The highest BCUT2D eigenvalue weighted by Crippen LogP contribution is 1.91. The molecule has 4 nitrogen and oxygen atoms in total. The van der Waals surface area contributed by atoms with E-state index in [0.29, 0.717) is 6.42 Å². The van der Waals surface area contributed by atoms with Gasteiger partial charge in [0.15, 0.2) is 0 Å². The number of carboxylic acids is 1. The first-order valence-electron chi connectivity index (χ1n) is 3.88. The summed E-state index contributed by atoms with van der Waals surface area (Å²) in [6.45, 7) is 1.98. The summed E-state index contributed by atoms with van der Waals surface area (Å²) in [5, 5.41) is 8.04. The highest BCUT2D eigenvalue weighted by Gasteiger charge is 1.90. The van der Waals surface area contributed by atoms with E-state index in [9.17, 15) is 9.59 Å². The van der Waals surface area contributed by atoms with E-state index in [-0.39, 0.29) is 0 Å². The molecule has 0 aliphatic rings. The highest BCUT2D eigenvalue weighted by molar-refractivity contribution is 5.66. The molecule has 0 rings (SSSR count). The Morgan fingerprint density at radius 3 is 2.00 bits per heavy atom. The molecule has 0 radical (unpaired) electrons. The van der Waals surface area contributed by atoms with Gasteiger partial charge in [-0.1, -0.05) is 13.3 Å². The van der Waals surface area contributed by atoms with Crippen LogP contribution in [0.5, 0.6) is 0 Å². The van der Waals surface area contributed by atoms with Gasteiger partial charge < -0.3 is 10.0 Å². The predicted octanol–water partition coefficient (Wildman–Crippen LogP) is 0.966. The number of hydrogen-bond acceptors (Lipinski definition) is 2. The van der Waals surface area contributed by atoms with E-state index in [0.717, 1.165) is 19.3 Å². The fraction of sp³-hybridized carbons (Fsp3) is 0.750. The molecule has 72 valence electrons. The Hall–Kier alpha value is -1.06. The van der Waals surface area contributed by atoms with E-state index in [1.165, 1.54) is 4.90 Å². The van der Waals surface area contributed by atoms with Crippen molar-refractivity contribution in [2.45, 2.75) is 26.2 Å². The lowest BCUT2D eigenvalue weighted by molar-refractivity contribution is -0.137. The quantitative estimate of drug-likeness (QED) is 0.647. The molecule has 1 amide bonds. The van der Waals surface area contributed by atoms with Crippen LogP contribution in [-0.4, -0.2) is 36.5 Å². The molecule has 0 fully saturated rings. The molecule has 0 aliphatic carbocycles. The maximum atomic E-state index is 9.76. The van der Waals surface area contributed by atoms with E-state index in [4.69, 9.17) is 5.11 Å². The zero-order valence-electron chi connectivity index (χ0n) is 7.91. The Morgan fingerprint density at radius 2 is 1.92 bits per heavy atom. The van der Waals surface area contributed by atoms with Crippen LogP contribution in [0.25, 0.3) is 0 Å². The maximum Gasteiger partial charge on any atom is 0.303 e. The van der Waals surface area contributed by atoms with Crippen LogP contribution in [0.1, 0.15) is 26.2 Å². The van der Waals surface area contributed by atoms with Gasteiger partial charge in [-0.05, 0) is 6.42 Å². The molecule has 0 aromatic heterocycles. The summed E-state index contributed by atoms with van der Waals surface area (Å²) in [5.41, 5.74) is 0. The van der Waals surface area contributed by atoms with Gasteiger partial charge in [-0.2, -0.15) is 0 Å². The number of unbranched alkanes of at least 4 members (excludes halogenated alkanes) is 1. The van der Waals surface area contributed by atoms with Crippen LogP contribution in [0, 0.1) is 0 Å². The first-order valence-corrected chi connectivity index (χ1v) is 3.88. The Bertz CT molecular complexity index is 123. The average Bonchev–Trinajstić information content (AvgIpc) is 2.02. The summed E-state index contributed by atoms with van der Waals surface area (Å²) < 4.78 is 0. The fourth-order valence-corrected chi connectivity index (χ4v) is 0.328. The van der Waals surface area contributed by atoms with Crippen molar-refractivity contribution in [3.63, 3.8) is 0 Å². The van der Waals surface area contributed by atoms with Crippen LogP contribution >= 0.6 is 0 Å². The van der Waals surface area contributed by atoms with Gasteiger partial charge in [0.2, 0.25) is 6.41 Å². The van der Waals surface area contributed by atoms with Crippen LogP contribution in [0.4, 0.5) is 0 Å². The first-order chi connectivity index (χ1) is 5.54. The predicted molar refractivity (Wildman–Crippen MR) is 46.9 cm³/mol. The van der Waals surface area contributed by atoms with E-state index >= 15 is 0 Å². The van der Waals surface area contributed by atoms with Gasteiger partial charge in [0.25, 0.3) is 0 Å². The summed E-state index contributed by atoms with van der Waals surface area (Å²) in [4.78, 5) is 20.6. The van der Waals surface area contributed by atoms with Gasteiger partial charge in [0, 0.05) is 20.5 Å². The van der Waals surface area contributed by atoms with E-state index < -0.39 is 5.97 Å². The first kappa shape index (κ1) is 13.5. The zero-order valence-corrected chi connectivity index (χ0v) is 7.91. The van der Waals surface area contributed by atoms with Crippen molar-refractivity contribution in [1.29, 1.82) is 0 Å². The lowest BCUT2D eigenvalue weighted by Gasteiger charge is -1.93. The largest absolute Gasteiger partial charge is 0.481 e. The number of carbonyl (C=O) groups excluding carboxylic acids is 1. The molecule has 0 unspecified atom stereocenters. The third-order valence-corrected chi connectivity index (χ3v) is 0.955. The van der Waals surface area contributed by atoms with Crippen LogP contribution in [-0.2, 0) is 9.59 Å². The van der Waals surface area contributed by atoms with Crippen LogP contribution in [0.3, 0.4) is 0 Å². The molecule has 0 spiro atoms. The second-order valence-corrected chi connectivity index (χ2v) is 2.57. The van der Waals surface area contributed by atoms with Gasteiger partial charge in [-0.3, -0.25) is 9.59 Å². The average molecular weight is 175 g/mol. The van der Waals surface area contributed by atoms with Crippen molar-refractivity contribution in [2.24, 2.45) is 0 Å². The molecule has 0 bridgehead atoms. The number of rotatable bonds is 4. The van der Waals surface area contributed by atoms with Crippen molar-refractivity contribution in [1.82, 2.24) is 4.90 Å². The Labute approximate surface area is 73.2 Å². The summed E-state index contributed by atoms with van der Waals surface area (Å²) in [5.74, 6) is -0.693. The van der Waals surface area contributed by atoms with E-state index in [2.05, 4.69) is 0 Å². The molecule has 0 aromatic rings. The van der Waals surface area contributed by atoms with Gasteiger partial charge in [0.1, 0.15) is 0 Å². The van der Waals surface area contributed by atoms with Crippen molar-refractivity contribution >= 4 is 12.4 Å². The zero-order chi connectivity index (χ0) is 9.98. The molecule has 0 saturated carbocycles. The normalized spacial score (nSPS) is 7.92. The van der Waals surface area contributed by atoms with Crippen LogP contribution in [0.2, 0.25) is 0 Å². The standard InChI is InChI=1S/C5H10O2.C3H7NO/c1-2-3-4-5(6)7;1-4(2)3-5/h2-4H2,1H3,(H,6,7);3H,1-2H3. The number of aliphatic carboxylic acids is 1. The lowest BCUT2D eigenvalue weighted by atomic mass is 10.3. The molecule has 12 heavy (non-hydrogen) atoms. The van der Waals surface area contributed by atoms with E-state index in [1.807, 2.05) is 6.92 Å². The number of nitrogens with zero attached hydrogens (tertiary/aromatic N) is 1. The fourth-order valence-electron chi connectivity index (χ4n) is 0.328. The summed E-state index contributed by atoms with van der Waals surface area (Å²) in [6.07, 6.45) is 2.83. The topological polar surface area (TPSA) is 57.6 Å². The van der Waals surface area contributed by atoms with Crippen molar-refractivity contribution in [3.05, 3.63) is 0 Å². The third kappa shape index (κ3) is 23.1. The smallest absolute Gasteiger partial charge is 0.303 e. The summed E-state index contributed by atoms with van der Waals surface area (Å²) in [7, 11) is 3.38. The number of amides is 1. The summed E-state index contributed by atoms with van der Waals surface area (Å²) in [6, 6.07) is 0. The number of carboxylic acid groups (broad SMARTS) is 1. The molecule has 0 saturated heterocycles. The monoisotopic (exact) mass is 175 g/mol. The lowest BCUT2D eigenvalue weighted by Crippen LogP contribution is -2.06. The molecular weight excluding hydrogens is 158 g/mol. The van der Waals surface area contributed by atoms with Crippen molar-refractivity contribution in [3.8, 4) is 0 Å². The molecular formula is C8H17NO3. The van der Waals surface area contributed by atoms with Crippen LogP contribution in [0.15, 0.2) is 0 Å². The number of hydrogen-bond donors (Lipinski definition) is 1. The minimum Gasteiger partial charge on any atom is -0.481 e. The van der Waals surface area contributed by atoms with Gasteiger partial charge in [-0.15, -0.1) is 0 Å². The second-order valence-electron chi connectivity index (χ2n) is 2.57. The SMILES string of the molecule is CCCCC(=O)O.CN(C)C=O. The maximum absolute atomic E-state index is 9.76. The molecule has 1 N–H and O–H groups in total. The highest BCUT2D eigenvalue weighted by atomic mass is 16.4. The molecule has 0 aromatic carbocycles. The van der Waals surface area contributed by atoms with Crippen molar-refractivity contribution < 1.29 is 14.7 Å². The third-order valence-electron chi connectivity index (χ3n) is 0.955. The summed E-state index contributed by atoms with van der Waals surface area (Å²) >= 11 is 0. The minimum absolute atomic E-state index is 0.316. The minimum atomic E-state index is -0.693. The molecule has 4 heteroatoms. The molecule has 0 aliphatic heterocycles. The van der Waals surface area contributed by atoms with Gasteiger partial charge in [0.05, 0.1) is 0 Å². The Balaban J connectivity index is 0. The molecule has 0 atom stereocenters. The van der Waals surface area contributed by atoms with Crippen molar-refractivity contribution in [2.75, 3.05) is 14.1 Å². The second kappa shape index (κ2) is 9.94. The van der Waals surface area contributed by atoms with Gasteiger partial charge in [-0.25, -0.2) is 0 Å².